The van der Waals surface area contributed by atoms with Gasteiger partial charge >= 0.3 is 0 Å². The van der Waals surface area contributed by atoms with Crippen LogP contribution in [0.4, 0.5) is 5.69 Å². The van der Waals surface area contributed by atoms with Gasteiger partial charge in [-0.15, -0.1) is 11.8 Å². The predicted octanol–water partition coefficient (Wildman–Crippen LogP) is 1.15. The predicted molar refractivity (Wildman–Crippen MR) is 70.5 cm³/mol. The van der Waals surface area contributed by atoms with Gasteiger partial charge in [-0.2, -0.15) is 0 Å². The second kappa shape index (κ2) is 6.97. The first-order chi connectivity index (χ1) is 8.56. The topological polar surface area (TPSA) is 98.3 Å². The number of carbonyl (C=O) groups excluding carboxylic acids is 1. The van der Waals surface area contributed by atoms with Crippen molar-refractivity contribution < 1.29 is 9.72 Å². The van der Waals surface area contributed by atoms with Crippen molar-refractivity contribution >= 4 is 23.4 Å². The minimum absolute atomic E-state index is 0.0437. The third-order valence-corrected chi connectivity index (χ3v) is 3.42. The van der Waals surface area contributed by atoms with Crippen LogP contribution in [0.25, 0.3) is 0 Å². The lowest BCUT2D eigenvalue weighted by Gasteiger charge is -2.13. The fraction of sp³-hybridized carbons (Fsp3) is 0.364. The lowest BCUT2D eigenvalue weighted by Crippen LogP contribution is -2.43. The number of hydrogen-bond donors (Lipinski definition) is 2. The summed E-state index contributed by atoms with van der Waals surface area (Å²) >= 11 is 1.25. The van der Waals surface area contributed by atoms with E-state index in [0.717, 1.165) is 0 Å². The van der Waals surface area contributed by atoms with Crippen LogP contribution < -0.4 is 11.1 Å². The van der Waals surface area contributed by atoms with Gasteiger partial charge in [-0.3, -0.25) is 14.9 Å². The van der Waals surface area contributed by atoms with Gasteiger partial charge < -0.3 is 11.1 Å². The molecule has 1 unspecified atom stereocenters. The number of nitro groups is 1. The summed E-state index contributed by atoms with van der Waals surface area (Å²) in [5.41, 5.74) is 5.28. The summed E-state index contributed by atoms with van der Waals surface area (Å²) in [6.07, 6.45) is 0. The molecule has 0 fully saturated rings. The Morgan fingerprint density at radius 1 is 1.56 bits per heavy atom. The number of carbonyl (C=O) groups is 1. The molecule has 0 heterocycles. The van der Waals surface area contributed by atoms with Crippen molar-refractivity contribution in [2.75, 3.05) is 12.3 Å². The van der Waals surface area contributed by atoms with Gasteiger partial charge in [0.1, 0.15) is 0 Å². The van der Waals surface area contributed by atoms with Crippen molar-refractivity contribution in [1.29, 1.82) is 0 Å². The number of nitrogens with zero attached hydrogens (tertiary/aromatic N) is 1. The highest BCUT2D eigenvalue weighted by molar-refractivity contribution is 7.99. The van der Waals surface area contributed by atoms with E-state index in [4.69, 9.17) is 5.73 Å². The second-order valence-corrected chi connectivity index (χ2v) is 4.61. The molecule has 0 bridgehead atoms. The summed E-state index contributed by atoms with van der Waals surface area (Å²) in [5.74, 6) is -0.0865. The zero-order chi connectivity index (χ0) is 13.5. The number of hydrogen-bond acceptors (Lipinski definition) is 5. The molecule has 0 aliphatic carbocycles. The van der Waals surface area contributed by atoms with E-state index < -0.39 is 16.9 Å². The molecule has 6 nitrogen and oxygen atoms in total. The lowest BCUT2D eigenvalue weighted by atomic mass is 10.3. The number of rotatable bonds is 7. The number of nitrogens with one attached hydrogen (secondary N) is 1. The van der Waals surface area contributed by atoms with E-state index in [1.165, 1.54) is 17.8 Å². The molecule has 1 rings (SSSR count). The number of primary amides is 1. The molecule has 1 atom stereocenters. The van der Waals surface area contributed by atoms with Gasteiger partial charge in [0, 0.05) is 11.8 Å². The molecule has 0 aliphatic rings. The standard InChI is InChI=1S/C11H15N3O3S/c1-2-13-8(11(12)15)7-18-10-6-4-3-5-9(10)14(16)17/h3-6,8,13H,2,7H2,1H3,(H2,12,15). The van der Waals surface area contributed by atoms with Crippen molar-refractivity contribution in [3.63, 3.8) is 0 Å². The molecule has 98 valence electrons. The lowest BCUT2D eigenvalue weighted by molar-refractivity contribution is -0.387. The van der Waals surface area contributed by atoms with E-state index >= 15 is 0 Å². The molecule has 1 aromatic carbocycles. The number of thioether (sulfide) groups is 1. The van der Waals surface area contributed by atoms with Crippen LogP contribution in [0, 0.1) is 10.1 Å². The third-order valence-electron chi connectivity index (χ3n) is 2.26. The van der Waals surface area contributed by atoms with Gasteiger partial charge in [0.15, 0.2) is 0 Å². The zero-order valence-corrected chi connectivity index (χ0v) is 10.8. The van der Waals surface area contributed by atoms with Crippen LogP contribution in [0.15, 0.2) is 29.2 Å². The molecule has 0 saturated carbocycles. The molecule has 0 aromatic heterocycles. The van der Waals surface area contributed by atoms with E-state index in [1.54, 1.807) is 18.2 Å². The number of amides is 1. The number of nitrogens with two attached hydrogens (primary N) is 1. The van der Waals surface area contributed by atoms with Gasteiger partial charge in [-0.1, -0.05) is 19.1 Å². The first-order valence-corrected chi connectivity index (χ1v) is 6.43. The normalized spacial score (nSPS) is 12.1. The second-order valence-electron chi connectivity index (χ2n) is 3.55. The molecular weight excluding hydrogens is 254 g/mol. The van der Waals surface area contributed by atoms with E-state index in [9.17, 15) is 14.9 Å². The van der Waals surface area contributed by atoms with Crippen LogP contribution in [0.2, 0.25) is 0 Å². The largest absolute Gasteiger partial charge is 0.368 e. The Bertz CT molecular complexity index is 439. The Morgan fingerprint density at radius 2 is 2.22 bits per heavy atom. The van der Waals surface area contributed by atoms with E-state index in [2.05, 4.69) is 5.32 Å². The summed E-state index contributed by atoms with van der Waals surface area (Å²) in [4.78, 5) is 22.1. The zero-order valence-electron chi connectivity index (χ0n) is 9.96. The Kier molecular flexibility index (Phi) is 5.60. The molecule has 18 heavy (non-hydrogen) atoms. The molecule has 0 aliphatic heterocycles. The molecular formula is C11H15N3O3S. The van der Waals surface area contributed by atoms with Crippen molar-refractivity contribution in [3.8, 4) is 0 Å². The summed E-state index contributed by atoms with van der Waals surface area (Å²) < 4.78 is 0. The third kappa shape index (κ3) is 4.01. The average molecular weight is 269 g/mol. The fourth-order valence-electron chi connectivity index (χ4n) is 1.39. The molecule has 1 amide bonds. The van der Waals surface area contributed by atoms with Gasteiger partial charge in [-0.05, 0) is 12.6 Å². The summed E-state index contributed by atoms with van der Waals surface area (Å²) in [6, 6.07) is 5.95. The monoisotopic (exact) mass is 269 g/mol. The first-order valence-electron chi connectivity index (χ1n) is 5.45. The molecule has 0 spiro atoms. The number of nitro benzene ring substituents is 1. The maximum atomic E-state index is 11.1. The fourth-order valence-corrected chi connectivity index (χ4v) is 2.48. The molecule has 1 aromatic rings. The van der Waals surface area contributed by atoms with Crippen molar-refractivity contribution in [3.05, 3.63) is 34.4 Å². The van der Waals surface area contributed by atoms with Crippen LogP contribution in [0.1, 0.15) is 6.92 Å². The molecule has 0 saturated heterocycles. The molecule has 3 N–H and O–H groups in total. The van der Waals surface area contributed by atoms with Crippen molar-refractivity contribution in [2.24, 2.45) is 5.73 Å². The van der Waals surface area contributed by atoms with Gasteiger partial charge in [-0.25, -0.2) is 0 Å². The average Bonchev–Trinajstić information content (AvgIpc) is 2.34. The van der Waals surface area contributed by atoms with Crippen LogP contribution in [0.3, 0.4) is 0 Å². The summed E-state index contributed by atoms with van der Waals surface area (Å²) in [6.45, 7) is 2.48. The summed E-state index contributed by atoms with van der Waals surface area (Å²) in [5, 5.41) is 13.7. The number of likely N-dealkylation sites (N-methyl/N-ethyl adjacent to an activating group) is 1. The first kappa shape index (κ1) is 14.5. The van der Waals surface area contributed by atoms with Crippen molar-refractivity contribution in [2.45, 2.75) is 17.9 Å². The van der Waals surface area contributed by atoms with Gasteiger partial charge in [0.05, 0.1) is 15.9 Å². The molecule has 0 radical (unpaired) electrons. The van der Waals surface area contributed by atoms with Gasteiger partial charge in [0.2, 0.25) is 5.91 Å². The van der Waals surface area contributed by atoms with Crippen LogP contribution >= 0.6 is 11.8 Å². The highest BCUT2D eigenvalue weighted by Gasteiger charge is 2.18. The Balaban J connectivity index is 2.73. The van der Waals surface area contributed by atoms with Crippen molar-refractivity contribution in [1.82, 2.24) is 5.32 Å². The minimum Gasteiger partial charge on any atom is -0.368 e. The smallest absolute Gasteiger partial charge is 0.282 e. The highest BCUT2D eigenvalue weighted by Crippen LogP contribution is 2.28. The highest BCUT2D eigenvalue weighted by atomic mass is 32.2. The quantitative estimate of drug-likeness (QED) is 0.439. The Morgan fingerprint density at radius 3 is 2.78 bits per heavy atom. The number of para-hydroxylation sites is 1. The Labute approximate surface area is 109 Å². The van der Waals surface area contributed by atoms with E-state index in [-0.39, 0.29) is 5.69 Å². The van der Waals surface area contributed by atoms with E-state index in [1.807, 2.05) is 6.92 Å². The van der Waals surface area contributed by atoms with E-state index in [0.29, 0.717) is 17.2 Å². The number of benzene rings is 1. The van der Waals surface area contributed by atoms with Crippen LogP contribution in [-0.2, 0) is 4.79 Å². The van der Waals surface area contributed by atoms with Crippen LogP contribution in [0.5, 0.6) is 0 Å². The molecule has 7 heteroatoms. The SMILES string of the molecule is CCNC(CSc1ccccc1[N+](=O)[O-])C(N)=O. The Hall–Kier alpha value is -1.60. The minimum atomic E-state index is -0.486. The van der Waals surface area contributed by atoms with Gasteiger partial charge in [0.25, 0.3) is 5.69 Å². The van der Waals surface area contributed by atoms with Crippen LogP contribution in [-0.4, -0.2) is 29.2 Å². The maximum Gasteiger partial charge on any atom is 0.282 e. The summed E-state index contributed by atoms with van der Waals surface area (Å²) in [7, 11) is 0. The maximum absolute atomic E-state index is 11.1.